The topological polar surface area (TPSA) is 122 Å². The maximum absolute atomic E-state index is 12.9. The third-order valence-corrected chi connectivity index (χ3v) is 10.1. The van der Waals surface area contributed by atoms with Crippen LogP contribution < -0.4 is 15.6 Å². The van der Waals surface area contributed by atoms with Gasteiger partial charge >= 0.3 is 5.97 Å². The molecule has 0 radical (unpaired) electrons. The summed E-state index contributed by atoms with van der Waals surface area (Å²) in [5.41, 5.74) is 7.16. The van der Waals surface area contributed by atoms with Gasteiger partial charge in [-0.2, -0.15) is 5.10 Å². The summed E-state index contributed by atoms with van der Waals surface area (Å²) in [5, 5.41) is 18.7. The Balaban J connectivity index is 1.22. The predicted octanol–water partition coefficient (Wildman–Crippen LogP) is 6.56. The van der Waals surface area contributed by atoms with E-state index >= 15 is 0 Å². The van der Waals surface area contributed by atoms with Crippen molar-refractivity contribution < 1.29 is 14.6 Å². The smallest absolute Gasteiger partial charge is 0.306 e. The molecule has 7 rings (SSSR count). The second kappa shape index (κ2) is 12.4. The molecule has 11 heteroatoms. The molecule has 0 amide bonds. The van der Waals surface area contributed by atoms with Crippen molar-refractivity contribution in [1.82, 2.24) is 24.6 Å². The van der Waals surface area contributed by atoms with E-state index in [-0.39, 0.29) is 17.5 Å². The van der Waals surface area contributed by atoms with Crippen molar-refractivity contribution in [2.45, 2.75) is 38.6 Å². The fraction of sp³-hybridized carbons (Fsp3) is 0.306. The van der Waals surface area contributed by atoms with E-state index in [1.807, 2.05) is 43.3 Å². The van der Waals surface area contributed by atoms with Gasteiger partial charge in [0.1, 0.15) is 5.82 Å². The lowest BCUT2D eigenvalue weighted by Gasteiger charge is -2.35. The van der Waals surface area contributed by atoms with Gasteiger partial charge in [0.2, 0.25) is 5.88 Å². The third-order valence-electron chi connectivity index (χ3n) is 9.66. The molecule has 1 aliphatic heterocycles. The van der Waals surface area contributed by atoms with E-state index in [0.717, 1.165) is 65.1 Å². The summed E-state index contributed by atoms with van der Waals surface area (Å²) < 4.78 is 7.18. The minimum absolute atomic E-state index is 0.156. The Morgan fingerprint density at radius 3 is 2.57 bits per heavy atom. The minimum Gasteiger partial charge on any atom is -0.481 e. The largest absolute Gasteiger partial charge is 0.481 e. The number of carboxylic acids is 1. The van der Waals surface area contributed by atoms with Gasteiger partial charge in [0.05, 0.1) is 35.3 Å². The van der Waals surface area contributed by atoms with Crippen molar-refractivity contribution in [3.63, 3.8) is 0 Å². The van der Waals surface area contributed by atoms with E-state index in [4.69, 9.17) is 21.3 Å². The number of rotatable bonds is 7. The highest BCUT2D eigenvalue weighted by molar-refractivity contribution is 6.36. The maximum Gasteiger partial charge on any atom is 0.306 e. The first-order valence-electron chi connectivity index (χ1n) is 15.8. The number of methoxy groups -OCH3 is 1. The molecule has 2 N–H and O–H groups in total. The monoisotopic (exact) mass is 650 g/mol. The predicted molar refractivity (Wildman–Crippen MR) is 182 cm³/mol. The van der Waals surface area contributed by atoms with Gasteiger partial charge in [-0.25, -0.2) is 14.6 Å². The fourth-order valence-electron chi connectivity index (χ4n) is 7.09. The van der Waals surface area contributed by atoms with Gasteiger partial charge in [-0.1, -0.05) is 41.9 Å². The van der Waals surface area contributed by atoms with Gasteiger partial charge in [0, 0.05) is 47.1 Å². The Hall–Kier alpha value is -4.80. The molecule has 0 bridgehead atoms. The Morgan fingerprint density at radius 1 is 1.06 bits per heavy atom. The van der Waals surface area contributed by atoms with Crippen molar-refractivity contribution in [2.24, 2.45) is 13.0 Å². The van der Waals surface area contributed by atoms with Crippen molar-refractivity contribution in [1.29, 1.82) is 0 Å². The summed E-state index contributed by atoms with van der Waals surface area (Å²) in [4.78, 5) is 36.3. The molecule has 5 aromatic rings. The number of benzene rings is 2. The zero-order valence-electron chi connectivity index (χ0n) is 26.5. The molecule has 4 heterocycles. The van der Waals surface area contributed by atoms with Crippen LogP contribution in [-0.2, 0) is 18.3 Å². The van der Waals surface area contributed by atoms with E-state index < -0.39 is 5.97 Å². The lowest BCUT2D eigenvalue weighted by Crippen LogP contribution is -2.38. The van der Waals surface area contributed by atoms with Crippen molar-refractivity contribution in [3.05, 3.63) is 93.0 Å². The number of anilines is 2. The fourth-order valence-corrected chi connectivity index (χ4v) is 7.42. The van der Waals surface area contributed by atoms with Crippen LogP contribution in [0.4, 0.5) is 11.5 Å². The Labute approximate surface area is 277 Å². The summed E-state index contributed by atoms with van der Waals surface area (Å²) in [6.07, 6.45) is 6.45. The van der Waals surface area contributed by atoms with Gasteiger partial charge in [0.15, 0.2) is 0 Å². The first kappa shape index (κ1) is 30.8. The number of nitrogens with one attached hydrogen (secondary N) is 1. The Bertz CT molecular complexity index is 2090. The quantitative estimate of drug-likeness (QED) is 0.202. The Morgan fingerprint density at radius 2 is 1.81 bits per heavy atom. The molecule has 10 nitrogen and oxygen atoms in total. The third kappa shape index (κ3) is 5.51. The second-order valence-corrected chi connectivity index (χ2v) is 12.6. The van der Waals surface area contributed by atoms with Crippen LogP contribution in [0, 0.1) is 12.8 Å². The second-order valence-electron chi connectivity index (χ2n) is 12.3. The number of aliphatic carboxylic acids is 1. The number of piperidine rings is 1. The molecule has 0 spiro atoms. The number of aromatic nitrogens is 4. The summed E-state index contributed by atoms with van der Waals surface area (Å²) in [6.45, 7) is 3.51. The number of carboxylic acid groups (broad SMARTS) is 1. The molecular formula is C36H35ClN6O4. The van der Waals surface area contributed by atoms with E-state index in [9.17, 15) is 14.7 Å². The van der Waals surface area contributed by atoms with E-state index in [1.165, 1.54) is 10.2 Å². The zero-order chi connectivity index (χ0) is 32.8. The van der Waals surface area contributed by atoms with Crippen LogP contribution in [0.1, 0.15) is 42.0 Å². The SMILES string of the molecule is COc1nc(-c2cccc(-c3cccc(Nc4nccc5cnn(C)c(=O)c45)c3C)c2Cl)cc2c1C(N1CCC(C(=O)O)CC1)CC2. The van der Waals surface area contributed by atoms with Gasteiger partial charge < -0.3 is 15.2 Å². The molecular weight excluding hydrogens is 616 g/mol. The number of hydrogen-bond acceptors (Lipinski definition) is 8. The molecule has 2 aliphatic rings. The normalized spacial score (nSPS) is 16.7. The lowest BCUT2D eigenvalue weighted by atomic mass is 9.94. The summed E-state index contributed by atoms with van der Waals surface area (Å²) in [5.74, 6) is 0.0765. The molecule has 2 aromatic carbocycles. The lowest BCUT2D eigenvalue weighted by molar-refractivity contribution is -0.143. The Kier molecular flexibility index (Phi) is 8.15. The van der Waals surface area contributed by atoms with Gasteiger partial charge in [0.25, 0.3) is 5.56 Å². The molecule has 1 fully saturated rings. The highest BCUT2D eigenvalue weighted by Crippen LogP contribution is 2.45. The maximum atomic E-state index is 12.9. The molecule has 240 valence electrons. The summed E-state index contributed by atoms with van der Waals surface area (Å²) in [7, 11) is 3.27. The van der Waals surface area contributed by atoms with Crippen LogP contribution in [0.3, 0.4) is 0 Å². The average Bonchev–Trinajstić information content (AvgIpc) is 3.51. The summed E-state index contributed by atoms with van der Waals surface area (Å²) in [6, 6.07) is 15.9. The molecule has 1 aliphatic carbocycles. The van der Waals surface area contributed by atoms with Crippen LogP contribution in [0.15, 0.2) is 65.7 Å². The van der Waals surface area contributed by atoms with E-state index in [0.29, 0.717) is 40.3 Å². The first-order chi connectivity index (χ1) is 22.7. The number of hydrogen-bond donors (Lipinski definition) is 2. The minimum atomic E-state index is -0.704. The molecule has 3 aromatic heterocycles. The van der Waals surface area contributed by atoms with E-state index in [1.54, 1.807) is 32.6 Å². The molecule has 1 saturated heterocycles. The van der Waals surface area contributed by atoms with E-state index in [2.05, 4.69) is 26.4 Å². The molecule has 47 heavy (non-hydrogen) atoms. The van der Waals surface area contributed by atoms with Crippen molar-refractivity contribution in [2.75, 3.05) is 25.5 Å². The number of ether oxygens (including phenoxy) is 1. The highest BCUT2D eigenvalue weighted by atomic mass is 35.5. The van der Waals surface area contributed by atoms with Gasteiger partial charge in [-0.15, -0.1) is 0 Å². The van der Waals surface area contributed by atoms with Crippen LogP contribution in [0.25, 0.3) is 33.2 Å². The average molecular weight is 651 g/mol. The van der Waals surface area contributed by atoms with Crippen LogP contribution in [0.2, 0.25) is 5.02 Å². The van der Waals surface area contributed by atoms with Gasteiger partial charge in [-0.3, -0.25) is 14.5 Å². The molecule has 1 atom stereocenters. The highest BCUT2D eigenvalue weighted by Gasteiger charge is 2.36. The van der Waals surface area contributed by atoms with Crippen LogP contribution in [0.5, 0.6) is 5.88 Å². The number of likely N-dealkylation sites (tertiary alicyclic amines) is 1. The number of carbonyl (C=O) groups is 1. The zero-order valence-corrected chi connectivity index (χ0v) is 27.2. The number of aryl methyl sites for hydroxylation is 2. The summed E-state index contributed by atoms with van der Waals surface area (Å²) >= 11 is 7.19. The number of nitrogens with zero attached hydrogens (tertiary/aromatic N) is 5. The number of pyridine rings is 2. The number of fused-ring (bicyclic) bond motifs is 2. The first-order valence-corrected chi connectivity index (χ1v) is 16.1. The van der Waals surface area contributed by atoms with Crippen LogP contribution in [-0.4, -0.2) is 55.9 Å². The van der Waals surface area contributed by atoms with Crippen molar-refractivity contribution >= 4 is 39.8 Å². The van der Waals surface area contributed by atoms with Crippen molar-refractivity contribution in [3.8, 4) is 28.3 Å². The standard InChI is InChI=1S/C36H35ClN6O4/c1-20-24(6-5-9-27(20)40-33-31-23(12-15-38-33)19-39-42(2)35(31)44)25-7-4-8-26(32(25)37)28-18-22-10-11-29(30(22)34(41-28)47-3)43-16-13-21(14-17-43)36(45)46/h4-9,12,15,18-19,21,29H,10-11,13-14,16-17H2,1-3H3,(H,38,40)(H,45,46). The molecule has 1 unspecified atom stereocenters. The molecule has 0 saturated carbocycles. The van der Waals surface area contributed by atoms with Gasteiger partial charge in [-0.05, 0) is 80.6 Å². The van der Waals surface area contributed by atoms with Crippen LogP contribution >= 0.6 is 11.6 Å². The number of halogens is 1.